The van der Waals surface area contributed by atoms with Gasteiger partial charge in [-0.25, -0.2) is 0 Å². The van der Waals surface area contributed by atoms with Crippen LogP contribution in [0.25, 0.3) is 0 Å². The molecule has 0 saturated carbocycles. The average Bonchev–Trinajstić information content (AvgIpc) is 2.03. The number of hydrogen-bond acceptors (Lipinski definition) is 1. The maximum absolute atomic E-state index is 5.80. The summed E-state index contributed by atoms with van der Waals surface area (Å²) in [5, 5.41) is 0.717. The van der Waals surface area contributed by atoms with Crippen LogP contribution in [0.1, 0.15) is 0 Å². The van der Waals surface area contributed by atoms with Gasteiger partial charge in [0.05, 0.1) is 14.1 Å². The number of halogens is 1. The Morgan fingerprint density at radius 2 is 2.15 bits per heavy atom. The van der Waals surface area contributed by atoms with Gasteiger partial charge in [0.15, 0.2) is 0 Å². The number of quaternary nitrogens is 1. The maximum atomic E-state index is 5.80. The Bertz CT molecular complexity index is 263. The second kappa shape index (κ2) is 5.10. The van der Waals surface area contributed by atoms with Crippen molar-refractivity contribution in [1.82, 2.24) is 0 Å². The van der Waals surface area contributed by atoms with Crippen LogP contribution in [0.4, 0.5) is 0 Å². The first-order chi connectivity index (χ1) is 6.18. The van der Waals surface area contributed by atoms with Crippen LogP contribution < -0.4 is 9.64 Å². The van der Waals surface area contributed by atoms with Gasteiger partial charge >= 0.3 is 0 Å². The second-order valence-corrected chi connectivity index (χ2v) is 3.70. The van der Waals surface area contributed by atoms with Crippen LogP contribution in [0, 0.1) is 0 Å². The molecule has 0 fully saturated rings. The molecule has 1 aromatic rings. The molecule has 0 aliphatic rings. The molecule has 0 aliphatic heterocycles. The first-order valence-corrected chi connectivity index (χ1v) is 4.73. The number of rotatable bonds is 4. The summed E-state index contributed by atoms with van der Waals surface area (Å²) in [5.74, 6) is 0.841. The van der Waals surface area contributed by atoms with Crippen molar-refractivity contribution >= 4 is 11.6 Å². The molecular weight excluding hydrogens is 186 g/mol. The van der Waals surface area contributed by atoms with Crippen molar-refractivity contribution in [2.75, 3.05) is 27.2 Å². The number of likely N-dealkylation sites (N-methyl/N-ethyl adjacent to an activating group) is 1. The van der Waals surface area contributed by atoms with Crippen molar-refractivity contribution in [3.8, 4) is 5.75 Å². The molecule has 1 N–H and O–H groups in total. The van der Waals surface area contributed by atoms with E-state index in [0.717, 1.165) is 23.9 Å². The first-order valence-electron chi connectivity index (χ1n) is 4.36. The van der Waals surface area contributed by atoms with E-state index in [-0.39, 0.29) is 0 Å². The van der Waals surface area contributed by atoms with E-state index in [2.05, 4.69) is 14.1 Å². The van der Waals surface area contributed by atoms with Gasteiger partial charge in [-0.2, -0.15) is 0 Å². The summed E-state index contributed by atoms with van der Waals surface area (Å²) in [6.45, 7) is 1.72. The van der Waals surface area contributed by atoms with Gasteiger partial charge in [-0.05, 0) is 18.2 Å². The van der Waals surface area contributed by atoms with E-state index in [9.17, 15) is 0 Å². The molecule has 0 atom stereocenters. The van der Waals surface area contributed by atoms with E-state index in [1.54, 1.807) is 0 Å². The summed E-state index contributed by atoms with van der Waals surface area (Å²) in [6.07, 6.45) is 0. The number of benzene rings is 1. The van der Waals surface area contributed by atoms with Crippen LogP contribution in [0.15, 0.2) is 24.3 Å². The molecule has 0 unspecified atom stereocenters. The quantitative estimate of drug-likeness (QED) is 0.762. The van der Waals surface area contributed by atoms with E-state index >= 15 is 0 Å². The van der Waals surface area contributed by atoms with Crippen molar-refractivity contribution in [3.05, 3.63) is 29.3 Å². The maximum Gasteiger partial charge on any atom is 0.137 e. The van der Waals surface area contributed by atoms with Crippen LogP contribution in [-0.2, 0) is 0 Å². The van der Waals surface area contributed by atoms with E-state index < -0.39 is 0 Å². The Balaban J connectivity index is 2.37. The molecule has 1 aromatic carbocycles. The zero-order valence-electron chi connectivity index (χ0n) is 8.01. The Labute approximate surface area is 84.1 Å². The van der Waals surface area contributed by atoms with Crippen molar-refractivity contribution in [2.45, 2.75) is 0 Å². The number of hydrogen-bond donors (Lipinski definition) is 1. The zero-order chi connectivity index (χ0) is 9.68. The van der Waals surface area contributed by atoms with Gasteiger partial charge in [0.2, 0.25) is 0 Å². The minimum absolute atomic E-state index is 0.717. The Morgan fingerprint density at radius 3 is 2.77 bits per heavy atom. The molecule has 72 valence electrons. The van der Waals surface area contributed by atoms with Gasteiger partial charge in [0.1, 0.15) is 18.9 Å². The fraction of sp³-hybridized carbons (Fsp3) is 0.400. The van der Waals surface area contributed by atoms with Gasteiger partial charge in [-0.15, -0.1) is 0 Å². The van der Waals surface area contributed by atoms with Crippen molar-refractivity contribution in [3.63, 3.8) is 0 Å². The van der Waals surface area contributed by atoms with Crippen molar-refractivity contribution in [2.24, 2.45) is 0 Å². The molecule has 0 amide bonds. The molecule has 0 radical (unpaired) electrons. The van der Waals surface area contributed by atoms with E-state index in [0.29, 0.717) is 0 Å². The lowest BCUT2D eigenvalue weighted by Crippen LogP contribution is -3.06. The summed E-state index contributed by atoms with van der Waals surface area (Å²) in [5.41, 5.74) is 0. The predicted molar refractivity (Wildman–Crippen MR) is 54.6 cm³/mol. The molecule has 1 rings (SSSR count). The minimum atomic E-state index is 0.717. The van der Waals surface area contributed by atoms with E-state index in [1.807, 2.05) is 24.3 Å². The Morgan fingerprint density at radius 1 is 1.38 bits per heavy atom. The molecule has 13 heavy (non-hydrogen) atoms. The van der Waals surface area contributed by atoms with Crippen molar-refractivity contribution < 1.29 is 9.64 Å². The Kier molecular flexibility index (Phi) is 4.06. The SMILES string of the molecule is C[NH+](C)CCOc1cccc(Cl)c1. The lowest BCUT2D eigenvalue weighted by atomic mass is 10.3. The third kappa shape index (κ3) is 4.15. The lowest BCUT2D eigenvalue weighted by molar-refractivity contribution is -0.858. The highest BCUT2D eigenvalue weighted by Gasteiger charge is 1.96. The summed E-state index contributed by atoms with van der Waals surface area (Å²) < 4.78 is 5.49. The molecule has 0 heterocycles. The summed E-state index contributed by atoms with van der Waals surface area (Å²) in [4.78, 5) is 1.38. The molecule has 0 bridgehead atoms. The fourth-order valence-electron chi connectivity index (χ4n) is 0.930. The number of nitrogens with one attached hydrogen (secondary N) is 1. The molecule has 0 spiro atoms. The van der Waals surface area contributed by atoms with Crippen LogP contribution in [0.2, 0.25) is 5.02 Å². The molecule has 2 nitrogen and oxygen atoms in total. The van der Waals surface area contributed by atoms with Crippen LogP contribution in [0.3, 0.4) is 0 Å². The summed E-state index contributed by atoms with van der Waals surface area (Å²) >= 11 is 5.80. The summed E-state index contributed by atoms with van der Waals surface area (Å²) in [7, 11) is 4.20. The van der Waals surface area contributed by atoms with Crippen molar-refractivity contribution in [1.29, 1.82) is 0 Å². The monoisotopic (exact) mass is 200 g/mol. The van der Waals surface area contributed by atoms with Crippen LogP contribution in [0.5, 0.6) is 5.75 Å². The summed E-state index contributed by atoms with van der Waals surface area (Å²) in [6, 6.07) is 7.47. The first kappa shape index (κ1) is 10.4. The van der Waals surface area contributed by atoms with Crippen LogP contribution in [-0.4, -0.2) is 27.2 Å². The smallest absolute Gasteiger partial charge is 0.137 e. The third-order valence-corrected chi connectivity index (χ3v) is 1.90. The lowest BCUT2D eigenvalue weighted by Gasteiger charge is -2.08. The molecule has 3 heteroatoms. The minimum Gasteiger partial charge on any atom is -0.488 e. The predicted octanol–water partition coefficient (Wildman–Crippen LogP) is 0.863. The normalized spacial score (nSPS) is 10.5. The molecule has 0 saturated heterocycles. The van der Waals surface area contributed by atoms with Gasteiger partial charge in [-0.3, -0.25) is 0 Å². The van der Waals surface area contributed by atoms with Gasteiger partial charge in [0, 0.05) is 5.02 Å². The topological polar surface area (TPSA) is 13.7 Å². The van der Waals surface area contributed by atoms with E-state index in [1.165, 1.54) is 4.90 Å². The second-order valence-electron chi connectivity index (χ2n) is 3.26. The van der Waals surface area contributed by atoms with Gasteiger partial charge < -0.3 is 9.64 Å². The fourth-order valence-corrected chi connectivity index (χ4v) is 1.11. The molecule has 0 aliphatic carbocycles. The van der Waals surface area contributed by atoms with Crippen LogP contribution >= 0.6 is 11.6 Å². The van der Waals surface area contributed by atoms with Gasteiger partial charge in [-0.1, -0.05) is 17.7 Å². The standard InChI is InChI=1S/C10H14ClNO/c1-12(2)6-7-13-10-5-3-4-9(11)8-10/h3-5,8H,6-7H2,1-2H3/p+1. The highest BCUT2D eigenvalue weighted by atomic mass is 35.5. The number of ether oxygens (including phenoxy) is 1. The van der Waals surface area contributed by atoms with E-state index in [4.69, 9.17) is 16.3 Å². The largest absolute Gasteiger partial charge is 0.488 e. The average molecular weight is 201 g/mol. The Hall–Kier alpha value is -0.730. The zero-order valence-corrected chi connectivity index (χ0v) is 8.77. The van der Waals surface area contributed by atoms with Gasteiger partial charge in [0.25, 0.3) is 0 Å². The molecule has 0 aromatic heterocycles. The third-order valence-electron chi connectivity index (χ3n) is 1.67. The molecular formula is C10H15ClNO+. The highest BCUT2D eigenvalue weighted by molar-refractivity contribution is 6.30. The highest BCUT2D eigenvalue weighted by Crippen LogP contribution is 2.16.